The topological polar surface area (TPSA) is 20.2 Å². The first-order valence-corrected chi connectivity index (χ1v) is 6.74. The maximum absolute atomic E-state index is 9.40. The molecule has 0 amide bonds. The van der Waals surface area contributed by atoms with Crippen molar-refractivity contribution >= 4 is 0 Å². The number of hydrogen-bond acceptors (Lipinski definition) is 1. The van der Waals surface area contributed by atoms with Crippen LogP contribution in [0.2, 0.25) is 0 Å². The Morgan fingerprint density at radius 1 is 1.12 bits per heavy atom. The molecule has 92 valence electrons. The van der Waals surface area contributed by atoms with Crippen molar-refractivity contribution in [2.24, 2.45) is 16.7 Å². The predicted molar refractivity (Wildman–Crippen MR) is 70.1 cm³/mol. The Kier molecular flexibility index (Phi) is 2.14. The summed E-state index contributed by atoms with van der Waals surface area (Å²) in [5, 5.41) is 9.40. The van der Waals surface area contributed by atoms with Crippen molar-refractivity contribution < 1.29 is 5.11 Å². The number of fused-ring (bicyclic) bond motifs is 2. The third kappa shape index (κ3) is 1.31. The summed E-state index contributed by atoms with van der Waals surface area (Å²) in [6.45, 7) is 7.37. The molecule has 3 atom stereocenters. The van der Waals surface area contributed by atoms with Gasteiger partial charge in [0.2, 0.25) is 0 Å². The van der Waals surface area contributed by atoms with Crippen LogP contribution >= 0.6 is 0 Å². The van der Waals surface area contributed by atoms with Crippen LogP contribution in [0.15, 0.2) is 24.3 Å². The van der Waals surface area contributed by atoms with Crippen LogP contribution in [0.3, 0.4) is 0 Å². The normalized spacial score (nSPS) is 38.5. The minimum Gasteiger partial charge on any atom is -0.508 e. The molecule has 0 aromatic heterocycles. The van der Waals surface area contributed by atoms with Crippen LogP contribution in [-0.4, -0.2) is 5.11 Å². The highest BCUT2D eigenvalue weighted by molar-refractivity contribution is 5.32. The van der Waals surface area contributed by atoms with Crippen LogP contribution in [0.25, 0.3) is 0 Å². The van der Waals surface area contributed by atoms with Crippen molar-refractivity contribution in [2.75, 3.05) is 0 Å². The molecule has 0 spiro atoms. The van der Waals surface area contributed by atoms with Crippen LogP contribution in [0, 0.1) is 16.7 Å². The van der Waals surface area contributed by atoms with Gasteiger partial charge in [-0.15, -0.1) is 0 Å². The number of hydrogen-bond donors (Lipinski definition) is 1. The van der Waals surface area contributed by atoms with Gasteiger partial charge in [0.1, 0.15) is 5.75 Å². The van der Waals surface area contributed by atoms with Gasteiger partial charge in [0.25, 0.3) is 0 Å². The molecule has 0 saturated heterocycles. The Bertz CT molecular complexity index is 431. The molecule has 2 saturated carbocycles. The summed E-state index contributed by atoms with van der Waals surface area (Å²) >= 11 is 0. The average molecular weight is 230 g/mol. The standard InChI is InChI=1S/C16H22O/c1-15(2)12-8-9-16(15,3)14(10-12)11-4-6-13(17)7-5-11/h4-7,12,14,17H,8-10H2,1-3H3/t12-,14+,16-/m0/s1. The molecule has 2 aliphatic rings. The third-order valence-corrected chi connectivity index (χ3v) is 6.09. The molecule has 0 aliphatic heterocycles. The van der Waals surface area contributed by atoms with Crippen LogP contribution in [0.1, 0.15) is 51.5 Å². The minimum atomic E-state index is 0.376. The van der Waals surface area contributed by atoms with Gasteiger partial charge in [0.05, 0.1) is 0 Å². The van der Waals surface area contributed by atoms with Crippen molar-refractivity contribution in [2.45, 2.75) is 46.0 Å². The first-order valence-electron chi connectivity index (χ1n) is 6.74. The fourth-order valence-electron chi connectivity index (χ4n) is 4.41. The van der Waals surface area contributed by atoms with Gasteiger partial charge in [-0.3, -0.25) is 0 Å². The Balaban J connectivity index is 1.99. The zero-order chi connectivity index (χ0) is 12.3. The number of phenolic OH excluding ortho intramolecular Hbond substituents is 1. The largest absolute Gasteiger partial charge is 0.508 e. The van der Waals surface area contributed by atoms with Gasteiger partial charge in [-0.25, -0.2) is 0 Å². The SMILES string of the molecule is CC1(C)[C@H]2CC[C@@]1(C)[C@@H](c1ccc(O)cc1)C2. The predicted octanol–water partition coefficient (Wildman–Crippen LogP) is 4.32. The second kappa shape index (κ2) is 3.28. The maximum atomic E-state index is 9.40. The molecule has 2 fully saturated rings. The van der Waals surface area contributed by atoms with Gasteiger partial charge in [0.15, 0.2) is 0 Å². The van der Waals surface area contributed by atoms with Gasteiger partial charge in [-0.2, -0.15) is 0 Å². The molecular weight excluding hydrogens is 208 g/mol. The lowest BCUT2D eigenvalue weighted by atomic mass is 9.65. The van der Waals surface area contributed by atoms with Gasteiger partial charge >= 0.3 is 0 Å². The van der Waals surface area contributed by atoms with Crippen LogP contribution < -0.4 is 0 Å². The van der Waals surface area contributed by atoms with Crippen LogP contribution in [-0.2, 0) is 0 Å². The van der Waals surface area contributed by atoms with E-state index >= 15 is 0 Å². The fourth-order valence-corrected chi connectivity index (χ4v) is 4.41. The number of aromatic hydroxyl groups is 1. The van der Waals surface area contributed by atoms with Crippen LogP contribution in [0.4, 0.5) is 0 Å². The van der Waals surface area contributed by atoms with Crippen molar-refractivity contribution in [1.82, 2.24) is 0 Å². The molecule has 2 bridgehead atoms. The summed E-state index contributed by atoms with van der Waals surface area (Å²) in [5.74, 6) is 1.93. The minimum absolute atomic E-state index is 0.376. The molecule has 1 aromatic rings. The second-order valence-electron chi connectivity index (χ2n) is 6.75. The van der Waals surface area contributed by atoms with E-state index < -0.39 is 0 Å². The van der Waals surface area contributed by atoms with E-state index in [1.54, 1.807) is 0 Å². The van der Waals surface area contributed by atoms with Crippen molar-refractivity contribution in [3.63, 3.8) is 0 Å². The van der Waals surface area contributed by atoms with E-state index in [0.29, 0.717) is 22.5 Å². The average Bonchev–Trinajstić information content (AvgIpc) is 2.62. The highest BCUT2D eigenvalue weighted by atomic mass is 16.3. The summed E-state index contributed by atoms with van der Waals surface area (Å²) < 4.78 is 0. The zero-order valence-corrected chi connectivity index (χ0v) is 11.0. The van der Waals surface area contributed by atoms with Gasteiger partial charge in [-0.1, -0.05) is 32.9 Å². The molecule has 17 heavy (non-hydrogen) atoms. The van der Waals surface area contributed by atoms with E-state index in [0.717, 1.165) is 5.92 Å². The molecular formula is C16H22O. The molecule has 1 aromatic carbocycles. The molecule has 0 heterocycles. The summed E-state index contributed by atoms with van der Waals surface area (Å²) in [7, 11) is 0. The van der Waals surface area contributed by atoms with E-state index in [9.17, 15) is 5.11 Å². The van der Waals surface area contributed by atoms with Crippen LogP contribution in [0.5, 0.6) is 5.75 Å². The number of benzene rings is 1. The van der Waals surface area contributed by atoms with E-state index in [2.05, 4.69) is 32.9 Å². The Morgan fingerprint density at radius 2 is 1.76 bits per heavy atom. The smallest absolute Gasteiger partial charge is 0.115 e. The van der Waals surface area contributed by atoms with Gasteiger partial charge in [-0.05, 0) is 59.6 Å². The second-order valence-corrected chi connectivity index (χ2v) is 6.75. The van der Waals surface area contributed by atoms with E-state index in [-0.39, 0.29) is 0 Å². The third-order valence-electron chi connectivity index (χ3n) is 6.09. The molecule has 0 radical (unpaired) electrons. The van der Waals surface area contributed by atoms with Gasteiger partial charge < -0.3 is 5.11 Å². The van der Waals surface area contributed by atoms with E-state index in [1.165, 1.54) is 24.8 Å². The molecule has 1 N–H and O–H groups in total. The summed E-state index contributed by atoms with van der Waals surface area (Å²) in [4.78, 5) is 0. The van der Waals surface area contributed by atoms with Crippen molar-refractivity contribution in [3.05, 3.63) is 29.8 Å². The Morgan fingerprint density at radius 3 is 2.24 bits per heavy atom. The summed E-state index contributed by atoms with van der Waals surface area (Å²) in [6.07, 6.45) is 4.09. The van der Waals surface area contributed by atoms with Crippen molar-refractivity contribution in [3.8, 4) is 5.75 Å². The van der Waals surface area contributed by atoms with E-state index in [1.807, 2.05) is 12.1 Å². The first-order chi connectivity index (χ1) is 7.95. The summed E-state index contributed by atoms with van der Waals surface area (Å²) in [6, 6.07) is 7.89. The van der Waals surface area contributed by atoms with Gasteiger partial charge in [0, 0.05) is 0 Å². The first kappa shape index (κ1) is 11.1. The lowest BCUT2D eigenvalue weighted by Crippen LogP contribution is -2.31. The fraction of sp³-hybridized carbons (Fsp3) is 0.625. The molecule has 3 rings (SSSR count). The lowest BCUT2D eigenvalue weighted by Gasteiger charge is -2.39. The quantitative estimate of drug-likeness (QED) is 0.761. The summed E-state index contributed by atoms with van der Waals surface area (Å²) in [5.41, 5.74) is 2.32. The molecule has 2 aliphatic carbocycles. The molecule has 1 heteroatoms. The lowest BCUT2D eigenvalue weighted by molar-refractivity contribution is 0.134. The zero-order valence-electron chi connectivity index (χ0n) is 11.0. The monoisotopic (exact) mass is 230 g/mol. The number of phenols is 1. The Labute approximate surface area is 104 Å². The highest BCUT2D eigenvalue weighted by Gasteiger charge is 2.61. The number of rotatable bonds is 1. The van der Waals surface area contributed by atoms with E-state index in [4.69, 9.17) is 0 Å². The molecule has 0 unspecified atom stereocenters. The Hall–Kier alpha value is -0.980. The highest BCUT2D eigenvalue weighted by Crippen LogP contribution is 2.70. The molecule has 1 nitrogen and oxygen atoms in total. The van der Waals surface area contributed by atoms with Crippen molar-refractivity contribution in [1.29, 1.82) is 0 Å². The maximum Gasteiger partial charge on any atom is 0.115 e.